The molecule has 0 radical (unpaired) electrons. The molecule has 1 aromatic carbocycles. The summed E-state index contributed by atoms with van der Waals surface area (Å²) in [6, 6.07) is 13.9. The third-order valence-electron chi connectivity index (χ3n) is 3.80. The Hall–Kier alpha value is -3.25. The topological polar surface area (TPSA) is 75.2 Å². The Morgan fingerprint density at radius 1 is 1.07 bits per heavy atom. The summed E-state index contributed by atoms with van der Waals surface area (Å²) in [5.41, 5.74) is 1.93. The summed E-state index contributed by atoms with van der Waals surface area (Å²) in [7, 11) is 0. The van der Waals surface area contributed by atoms with Crippen LogP contribution in [0, 0.1) is 0 Å². The highest BCUT2D eigenvalue weighted by Crippen LogP contribution is 2.25. The molecule has 6 nitrogen and oxygen atoms in total. The highest BCUT2D eigenvalue weighted by molar-refractivity contribution is 6.31. The summed E-state index contributed by atoms with van der Waals surface area (Å²) >= 11 is 6.10. The van der Waals surface area contributed by atoms with Crippen LogP contribution in [0.15, 0.2) is 67.1 Å². The molecular formula is C20H17ClN4O2. The first-order valence-corrected chi connectivity index (χ1v) is 8.62. The molecule has 2 aromatic heterocycles. The van der Waals surface area contributed by atoms with Crippen molar-refractivity contribution in [3.8, 4) is 0 Å². The molecule has 0 bridgehead atoms. The molecule has 3 aromatic rings. The lowest BCUT2D eigenvalue weighted by atomic mass is 10.1. The van der Waals surface area contributed by atoms with Gasteiger partial charge in [-0.25, -0.2) is 4.98 Å². The van der Waals surface area contributed by atoms with Gasteiger partial charge in [0, 0.05) is 42.3 Å². The zero-order valence-electron chi connectivity index (χ0n) is 14.6. The van der Waals surface area contributed by atoms with E-state index in [9.17, 15) is 9.59 Å². The molecule has 0 saturated carbocycles. The van der Waals surface area contributed by atoms with Gasteiger partial charge in [0.05, 0.1) is 12.1 Å². The maximum absolute atomic E-state index is 12.3. The average molecular weight is 381 g/mol. The number of pyridine rings is 2. The van der Waals surface area contributed by atoms with E-state index >= 15 is 0 Å². The van der Waals surface area contributed by atoms with Crippen LogP contribution in [0.1, 0.15) is 12.5 Å². The number of amides is 2. The van der Waals surface area contributed by atoms with Crippen LogP contribution in [0.4, 0.5) is 17.2 Å². The van der Waals surface area contributed by atoms with Crippen molar-refractivity contribution in [2.75, 3.05) is 10.2 Å². The zero-order valence-corrected chi connectivity index (χ0v) is 15.3. The fourth-order valence-corrected chi connectivity index (χ4v) is 2.81. The molecule has 0 fully saturated rings. The molecule has 0 spiro atoms. The number of nitrogens with zero attached hydrogens (tertiary/aromatic N) is 3. The van der Waals surface area contributed by atoms with E-state index in [-0.39, 0.29) is 18.2 Å². The smallest absolute Gasteiger partial charge is 0.229 e. The van der Waals surface area contributed by atoms with Crippen LogP contribution in [-0.2, 0) is 16.0 Å². The molecule has 136 valence electrons. The minimum Gasteiger partial charge on any atom is -0.326 e. The Morgan fingerprint density at radius 2 is 1.81 bits per heavy atom. The van der Waals surface area contributed by atoms with E-state index in [1.54, 1.807) is 48.8 Å². The van der Waals surface area contributed by atoms with Crippen LogP contribution in [-0.4, -0.2) is 21.8 Å². The van der Waals surface area contributed by atoms with E-state index in [4.69, 9.17) is 11.6 Å². The number of anilines is 3. The number of hydrogen-bond donors (Lipinski definition) is 1. The first-order valence-electron chi connectivity index (χ1n) is 8.24. The quantitative estimate of drug-likeness (QED) is 0.726. The Morgan fingerprint density at radius 3 is 2.52 bits per heavy atom. The van der Waals surface area contributed by atoms with Gasteiger partial charge in [-0.15, -0.1) is 0 Å². The van der Waals surface area contributed by atoms with E-state index in [1.807, 2.05) is 12.1 Å². The second-order valence-corrected chi connectivity index (χ2v) is 6.19. The highest BCUT2D eigenvalue weighted by atomic mass is 35.5. The van der Waals surface area contributed by atoms with Gasteiger partial charge >= 0.3 is 0 Å². The molecule has 1 N–H and O–H groups in total. The van der Waals surface area contributed by atoms with E-state index in [2.05, 4.69) is 15.3 Å². The van der Waals surface area contributed by atoms with Crippen molar-refractivity contribution in [2.45, 2.75) is 13.3 Å². The molecule has 2 amide bonds. The number of hydrogen-bond acceptors (Lipinski definition) is 4. The van der Waals surface area contributed by atoms with Crippen LogP contribution in [0.2, 0.25) is 5.02 Å². The monoisotopic (exact) mass is 380 g/mol. The number of carbonyl (C=O) groups is 2. The van der Waals surface area contributed by atoms with Gasteiger partial charge in [0.15, 0.2) is 0 Å². The van der Waals surface area contributed by atoms with Crippen LogP contribution in [0.25, 0.3) is 0 Å². The summed E-state index contributed by atoms with van der Waals surface area (Å²) in [5.74, 6) is -0.00368. The Kier molecular flexibility index (Phi) is 5.78. The predicted molar refractivity (Wildman–Crippen MR) is 105 cm³/mol. The van der Waals surface area contributed by atoms with Crippen LogP contribution < -0.4 is 10.2 Å². The minimum absolute atomic E-state index is 0.151. The van der Waals surface area contributed by atoms with E-state index in [0.29, 0.717) is 22.2 Å². The lowest BCUT2D eigenvalue weighted by molar-refractivity contribution is -0.116. The van der Waals surface area contributed by atoms with Crippen molar-refractivity contribution in [3.63, 3.8) is 0 Å². The largest absolute Gasteiger partial charge is 0.326 e. The number of rotatable bonds is 5. The first-order chi connectivity index (χ1) is 13.0. The SMILES string of the molecule is CC(=O)N(c1ccncc1)c1cc(NC(=O)Cc2ccccc2Cl)ccn1. The standard InChI is InChI=1S/C20H17ClN4O2/c1-14(26)25(17-7-9-22-10-8-17)19-13-16(6-11-23-19)24-20(27)12-15-4-2-3-5-18(15)21/h2-11,13H,12H2,1H3,(H,23,24,27). The van der Waals surface area contributed by atoms with Gasteiger partial charge in [-0.1, -0.05) is 29.8 Å². The third kappa shape index (κ3) is 4.68. The maximum atomic E-state index is 12.3. The van der Waals surface area contributed by atoms with Crippen molar-refractivity contribution in [3.05, 3.63) is 77.7 Å². The molecule has 0 saturated heterocycles. The molecule has 0 atom stereocenters. The van der Waals surface area contributed by atoms with Gasteiger partial charge in [-0.05, 0) is 29.8 Å². The van der Waals surface area contributed by atoms with Crippen LogP contribution >= 0.6 is 11.6 Å². The third-order valence-corrected chi connectivity index (χ3v) is 4.17. The lowest BCUT2D eigenvalue weighted by Gasteiger charge is -2.20. The van der Waals surface area contributed by atoms with Crippen molar-refractivity contribution in [1.82, 2.24) is 9.97 Å². The summed E-state index contributed by atoms with van der Waals surface area (Å²) in [4.78, 5) is 34.1. The minimum atomic E-state index is -0.210. The zero-order chi connectivity index (χ0) is 19.2. The van der Waals surface area contributed by atoms with Gasteiger partial charge in [0.1, 0.15) is 5.82 Å². The van der Waals surface area contributed by atoms with Crippen LogP contribution in [0.3, 0.4) is 0 Å². The number of carbonyl (C=O) groups excluding carboxylic acids is 2. The van der Waals surface area contributed by atoms with Crippen molar-refractivity contribution < 1.29 is 9.59 Å². The highest BCUT2D eigenvalue weighted by Gasteiger charge is 2.16. The first kappa shape index (κ1) is 18.5. The Labute approximate surface area is 161 Å². The van der Waals surface area contributed by atoms with Crippen LogP contribution in [0.5, 0.6) is 0 Å². The van der Waals surface area contributed by atoms with E-state index in [0.717, 1.165) is 5.56 Å². The second kappa shape index (κ2) is 8.42. The van der Waals surface area contributed by atoms with E-state index in [1.165, 1.54) is 18.0 Å². The predicted octanol–water partition coefficient (Wildman–Crippen LogP) is 4.00. The molecular weight excluding hydrogens is 364 g/mol. The Bertz CT molecular complexity index is 963. The Balaban J connectivity index is 1.79. The number of benzene rings is 1. The van der Waals surface area contributed by atoms with Gasteiger partial charge in [0.2, 0.25) is 11.8 Å². The average Bonchev–Trinajstić information content (AvgIpc) is 2.65. The van der Waals surface area contributed by atoms with E-state index < -0.39 is 0 Å². The number of nitrogens with one attached hydrogen (secondary N) is 1. The molecule has 0 unspecified atom stereocenters. The summed E-state index contributed by atoms with van der Waals surface area (Å²) in [6.45, 7) is 1.45. The molecule has 0 aliphatic heterocycles. The maximum Gasteiger partial charge on any atom is 0.229 e. The summed E-state index contributed by atoms with van der Waals surface area (Å²) in [6.07, 6.45) is 4.89. The number of halogens is 1. The van der Waals surface area contributed by atoms with Gasteiger partial charge in [0.25, 0.3) is 0 Å². The molecule has 3 rings (SSSR count). The van der Waals surface area contributed by atoms with Gasteiger partial charge in [-0.3, -0.25) is 19.5 Å². The molecule has 0 aliphatic rings. The molecule has 2 heterocycles. The van der Waals surface area contributed by atoms with Crippen molar-refractivity contribution >= 4 is 40.6 Å². The molecule has 27 heavy (non-hydrogen) atoms. The number of aromatic nitrogens is 2. The van der Waals surface area contributed by atoms with Crippen molar-refractivity contribution in [1.29, 1.82) is 0 Å². The molecule has 0 aliphatic carbocycles. The summed E-state index contributed by atoms with van der Waals surface area (Å²) < 4.78 is 0. The normalized spacial score (nSPS) is 10.3. The fourth-order valence-electron chi connectivity index (χ4n) is 2.61. The molecule has 7 heteroatoms. The second-order valence-electron chi connectivity index (χ2n) is 5.78. The van der Waals surface area contributed by atoms with Gasteiger partial charge < -0.3 is 5.32 Å². The van der Waals surface area contributed by atoms with Gasteiger partial charge in [-0.2, -0.15) is 0 Å². The summed E-state index contributed by atoms with van der Waals surface area (Å²) in [5, 5.41) is 3.36. The lowest BCUT2D eigenvalue weighted by Crippen LogP contribution is -2.24. The fraction of sp³-hybridized carbons (Fsp3) is 0.100. The van der Waals surface area contributed by atoms with Crippen molar-refractivity contribution in [2.24, 2.45) is 0 Å².